The van der Waals surface area contributed by atoms with Crippen molar-refractivity contribution in [1.29, 1.82) is 0 Å². The summed E-state index contributed by atoms with van der Waals surface area (Å²) >= 11 is 7.45. The number of hydrogen-bond acceptors (Lipinski definition) is 2. The van der Waals surface area contributed by atoms with Crippen molar-refractivity contribution in [2.45, 2.75) is 13.3 Å². The highest BCUT2D eigenvalue weighted by molar-refractivity contribution is 7.08. The van der Waals surface area contributed by atoms with Crippen LogP contribution in [0.15, 0.2) is 35.0 Å². The van der Waals surface area contributed by atoms with Crippen molar-refractivity contribution in [2.75, 3.05) is 5.32 Å². The molecule has 17 heavy (non-hydrogen) atoms. The number of anilines is 1. The highest BCUT2D eigenvalue weighted by Crippen LogP contribution is 2.19. The van der Waals surface area contributed by atoms with Crippen LogP contribution in [0.4, 0.5) is 5.69 Å². The molecule has 1 heterocycles. The van der Waals surface area contributed by atoms with Crippen molar-refractivity contribution in [2.24, 2.45) is 0 Å². The van der Waals surface area contributed by atoms with E-state index in [4.69, 9.17) is 11.6 Å². The highest BCUT2D eigenvalue weighted by Gasteiger charge is 2.06. The quantitative estimate of drug-likeness (QED) is 0.896. The van der Waals surface area contributed by atoms with Crippen LogP contribution in [0.25, 0.3) is 0 Å². The maximum Gasteiger partial charge on any atom is 0.228 e. The molecule has 1 aromatic carbocycles. The molecule has 2 rings (SSSR count). The Balaban J connectivity index is 2.03. The Labute approximate surface area is 109 Å². The van der Waals surface area contributed by atoms with E-state index in [1.807, 2.05) is 35.9 Å². The van der Waals surface area contributed by atoms with E-state index < -0.39 is 0 Å². The topological polar surface area (TPSA) is 29.1 Å². The van der Waals surface area contributed by atoms with Gasteiger partial charge in [-0.05, 0) is 53.1 Å². The Bertz CT molecular complexity index is 522. The zero-order valence-electron chi connectivity index (χ0n) is 9.37. The minimum atomic E-state index is -0.00572. The molecular weight excluding hydrogens is 254 g/mol. The fraction of sp³-hybridized carbons (Fsp3) is 0.154. The third-order valence-corrected chi connectivity index (χ3v) is 3.37. The van der Waals surface area contributed by atoms with Crippen LogP contribution in [0.1, 0.15) is 11.1 Å². The van der Waals surface area contributed by atoms with Crippen molar-refractivity contribution >= 4 is 34.5 Å². The maximum atomic E-state index is 11.8. The van der Waals surface area contributed by atoms with Crippen LogP contribution in [0, 0.1) is 6.92 Å². The molecule has 0 saturated heterocycles. The lowest BCUT2D eigenvalue weighted by molar-refractivity contribution is -0.115. The first-order valence-corrected chi connectivity index (χ1v) is 6.54. The lowest BCUT2D eigenvalue weighted by atomic mass is 10.2. The van der Waals surface area contributed by atoms with Crippen LogP contribution in [-0.2, 0) is 11.2 Å². The number of benzene rings is 1. The van der Waals surface area contributed by atoms with E-state index >= 15 is 0 Å². The van der Waals surface area contributed by atoms with Gasteiger partial charge in [0.05, 0.1) is 6.42 Å². The number of amides is 1. The first kappa shape index (κ1) is 12.1. The maximum absolute atomic E-state index is 11.8. The van der Waals surface area contributed by atoms with E-state index in [9.17, 15) is 4.79 Å². The summed E-state index contributed by atoms with van der Waals surface area (Å²) in [5, 5.41) is 7.51. The standard InChI is InChI=1S/C13H12ClNOS/c1-9-6-11(14)2-3-12(9)15-13(16)7-10-4-5-17-8-10/h2-6,8H,7H2,1H3,(H,15,16). The fourth-order valence-electron chi connectivity index (χ4n) is 1.54. The molecule has 0 saturated carbocycles. The number of halogens is 1. The summed E-state index contributed by atoms with van der Waals surface area (Å²) in [6.45, 7) is 1.92. The van der Waals surface area contributed by atoms with Crippen LogP contribution in [0.5, 0.6) is 0 Å². The SMILES string of the molecule is Cc1cc(Cl)ccc1NC(=O)Cc1ccsc1. The minimum absolute atomic E-state index is 0.00572. The molecule has 0 radical (unpaired) electrons. The van der Waals surface area contributed by atoms with Crippen LogP contribution in [0.2, 0.25) is 5.02 Å². The van der Waals surface area contributed by atoms with Gasteiger partial charge in [-0.25, -0.2) is 0 Å². The summed E-state index contributed by atoms with van der Waals surface area (Å²) in [6, 6.07) is 7.39. The first-order chi connectivity index (χ1) is 8.15. The average molecular weight is 266 g/mol. The highest BCUT2D eigenvalue weighted by atomic mass is 35.5. The zero-order chi connectivity index (χ0) is 12.3. The van der Waals surface area contributed by atoms with Crippen molar-refractivity contribution in [3.63, 3.8) is 0 Å². The van der Waals surface area contributed by atoms with Gasteiger partial charge in [0.15, 0.2) is 0 Å². The van der Waals surface area contributed by atoms with Gasteiger partial charge in [0.2, 0.25) is 5.91 Å². The zero-order valence-corrected chi connectivity index (χ0v) is 10.9. The second-order valence-corrected chi connectivity index (χ2v) is 5.03. The van der Waals surface area contributed by atoms with Crippen LogP contribution in [0.3, 0.4) is 0 Å². The Hall–Kier alpha value is -1.32. The van der Waals surface area contributed by atoms with Gasteiger partial charge < -0.3 is 5.32 Å². The molecule has 0 atom stereocenters. The van der Waals surface area contributed by atoms with Crippen molar-refractivity contribution in [3.05, 3.63) is 51.2 Å². The Morgan fingerprint density at radius 3 is 2.88 bits per heavy atom. The lowest BCUT2D eigenvalue weighted by Crippen LogP contribution is -2.14. The summed E-state index contributed by atoms with van der Waals surface area (Å²) in [4.78, 5) is 11.8. The number of carbonyl (C=O) groups excluding carboxylic acids is 1. The first-order valence-electron chi connectivity index (χ1n) is 5.22. The summed E-state index contributed by atoms with van der Waals surface area (Å²) in [5.41, 5.74) is 2.82. The van der Waals surface area contributed by atoms with Crippen LogP contribution >= 0.6 is 22.9 Å². The van der Waals surface area contributed by atoms with E-state index in [-0.39, 0.29) is 5.91 Å². The van der Waals surface area contributed by atoms with Crippen molar-refractivity contribution in [1.82, 2.24) is 0 Å². The molecule has 88 valence electrons. The Morgan fingerprint density at radius 1 is 1.41 bits per heavy atom. The molecule has 4 heteroatoms. The second-order valence-electron chi connectivity index (χ2n) is 3.82. The number of thiophene rings is 1. The Kier molecular flexibility index (Phi) is 3.82. The van der Waals surface area contributed by atoms with E-state index in [1.54, 1.807) is 17.4 Å². The van der Waals surface area contributed by atoms with Gasteiger partial charge in [0.25, 0.3) is 0 Å². The third-order valence-electron chi connectivity index (χ3n) is 2.41. The molecule has 2 aromatic rings. The van der Waals surface area contributed by atoms with Crippen LogP contribution < -0.4 is 5.32 Å². The molecule has 0 aliphatic carbocycles. The third kappa shape index (κ3) is 3.32. The molecule has 0 bridgehead atoms. The molecular formula is C13H12ClNOS. The summed E-state index contributed by atoms with van der Waals surface area (Å²) in [5.74, 6) is -0.00572. The van der Waals surface area contributed by atoms with Gasteiger partial charge in [0, 0.05) is 10.7 Å². The van der Waals surface area contributed by atoms with Crippen molar-refractivity contribution < 1.29 is 4.79 Å². The van der Waals surface area contributed by atoms with E-state index in [0.717, 1.165) is 16.8 Å². The average Bonchev–Trinajstić information content (AvgIpc) is 2.75. The molecule has 1 N–H and O–H groups in total. The summed E-state index contributed by atoms with van der Waals surface area (Å²) < 4.78 is 0. The largest absolute Gasteiger partial charge is 0.326 e. The van der Waals surface area contributed by atoms with Gasteiger partial charge >= 0.3 is 0 Å². The monoisotopic (exact) mass is 265 g/mol. The van der Waals surface area contributed by atoms with Gasteiger partial charge in [-0.2, -0.15) is 11.3 Å². The number of rotatable bonds is 3. The molecule has 1 aromatic heterocycles. The minimum Gasteiger partial charge on any atom is -0.326 e. The molecule has 0 fully saturated rings. The number of nitrogens with one attached hydrogen (secondary N) is 1. The number of carbonyl (C=O) groups is 1. The predicted molar refractivity (Wildman–Crippen MR) is 72.8 cm³/mol. The van der Waals surface area contributed by atoms with Crippen molar-refractivity contribution in [3.8, 4) is 0 Å². The molecule has 0 aliphatic heterocycles. The fourth-order valence-corrected chi connectivity index (χ4v) is 2.44. The van der Waals surface area contributed by atoms with E-state index in [2.05, 4.69) is 5.32 Å². The predicted octanol–water partition coefficient (Wildman–Crippen LogP) is 3.89. The molecule has 2 nitrogen and oxygen atoms in total. The molecule has 1 amide bonds. The van der Waals surface area contributed by atoms with Gasteiger partial charge in [0.1, 0.15) is 0 Å². The van der Waals surface area contributed by atoms with Gasteiger partial charge in [-0.1, -0.05) is 11.6 Å². The number of hydrogen-bond donors (Lipinski definition) is 1. The van der Waals surface area contributed by atoms with Crippen LogP contribution in [-0.4, -0.2) is 5.91 Å². The molecule has 0 aliphatic rings. The molecule has 0 unspecified atom stereocenters. The smallest absolute Gasteiger partial charge is 0.228 e. The lowest BCUT2D eigenvalue weighted by Gasteiger charge is -2.08. The Morgan fingerprint density at radius 2 is 2.24 bits per heavy atom. The summed E-state index contributed by atoms with van der Waals surface area (Å²) in [6.07, 6.45) is 0.408. The normalized spacial score (nSPS) is 10.2. The molecule has 0 spiro atoms. The number of aryl methyl sites for hydroxylation is 1. The second kappa shape index (κ2) is 5.34. The van der Waals surface area contributed by atoms with E-state index in [1.165, 1.54) is 0 Å². The van der Waals surface area contributed by atoms with Gasteiger partial charge in [-0.15, -0.1) is 0 Å². The van der Waals surface area contributed by atoms with E-state index in [0.29, 0.717) is 11.4 Å². The van der Waals surface area contributed by atoms with Gasteiger partial charge in [-0.3, -0.25) is 4.79 Å². The summed E-state index contributed by atoms with van der Waals surface area (Å²) in [7, 11) is 0.